The summed E-state index contributed by atoms with van der Waals surface area (Å²) in [7, 11) is 0. The summed E-state index contributed by atoms with van der Waals surface area (Å²) < 4.78 is 3.68. The van der Waals surface area contributed by atoms with E-state index in [-0.39, 0.29) is 17.6 Å². The second-order valence-corrected chi connectivity index (χ2v) is 8.87. The highest BCUT2D eigenvalue weighted by atomic mass is 16.2. The third kappa shape index (κ3) is 3.62. The Kier molecular flexibility index (Phi) is 4.61. The van der Waals surface area contributed by atoms with Crippen molar-refractivity contribution in [2.24, 2.45) is 5.73 Å². The van der Waals surface area contributed by atoms with Gasteiger partial charge in [-0.1, -0.05) is 5.21 Å². The van der Waals surface area contributed by atoms with E-state index in [2.05, 4.69) is 32.9 Å². The van der Waals surface area contributed by atoms with Gasteiger partial charge in [0.2, 0.25) is 0 Å². The third-order valence-corrected chi connectivity index (χ3v) is 6.55. The van der Waals surface area contributed by atoms with Crippen LogP contribution in [0, 0.1) is 0 Å². The number of fused-ring (bicyclic) bond motifs is 2. The highest BCUT2D eigenvalue weighted by Gasteiger charge is 2.27. The van der Waals surface area contributed by atoms with E-state index >= 15 is 0 Å². The van der Waals surface area contributed by atoms with Crippen LogP contribution in [0.3, 0.4) is 0 Å². The number of nitrogens with two attached hydrogens (primary N) is 2. The third-order valence-electron chi connectivity index (χ3n) is 6.55. The molecule has 4 aromatic heterocycles. The first-order valence-corrected chi connectivity index (χ1v) is 11.2. The normalized spacial score (nSPS) is 17.4. The molecule has 1 amide bonds. The van der Waals surface area contributed by atoms with Crippen LogP contribution in [0.2, 0.25) is 0 Å². The Morgan fingerprint density at radius 1 is 1.21 bits per heavy atom. The fourth-order valence-corrected chi connectivity index (χ4v) is 4.71. The van der Waals surface area contributed by atoms with Crippen LogP contribution in [0.15, 0.2) is 36.9 Å². The summed E-state index contributed by atoms with van der Waals surface area (Å²) in [5.41, 5.74) is 18.3. The minimum Gasteiger partial charge on any atom is -0.383 e. The number of nitrogens with one attached hydrogen (secondary N) is 1. The van der Waals surface area contributed by atoms with Crippen molar-refractivity contribution in [2.45, 2.75) is 50.7 Å². The van der Waals surface area contributed by atoms with Crippen LogP contribution in [-0.2, 0) is 19.5 Å². The quantitative estimate of drug-likeness (QED) is 0.412. The molecule has 0 saturated heterocycles. The Labute approximate surface area is 190 Å². The van der Waals surface area contributed by atoms with Crippen LogP contribution in [0.1, 0.15) is 69.7 Å². The van der Waals surface area contributed by atoms with Crippen LogP contribution in [0.5, 0.6) is 0 Å². The number of pyridine rings is 2. The lowest BCUT2D eigenvalue weighted by Gasteiger charge is -2.13. The van der Waals surface area contributed by atoms with Gasteiger partial charge in [-0.05, 0) is 60.4 Å². The van der Waals surface area contributed by atoms with Crippen LogP contribution < -0.4 is 16.8 Å². The fourth-order valence-electron chi connectivity index (χ4n) is 4.71. The number of imidazole rings is 1. The van der Waals surface area contributed by atoms with Gasteiger partial charge in [-0.2, -0.15) is 0 Å². The van der Waals surface area contributed by atoms with E-state index in [0.717, 1.165) is 40.9 Å². The minimum absolute atomic E-state index is 0.100. The molecule has 4 aromatic rings. The molecule has 0 radical (unpaired) electrons. The van der Waals surface area contributed by atoms with Crippen molar-refractivity contribution in [2.75, 3.05) is 5.73 Å². The largest absolute Gasteiger partial charge is 0.383 e. The van der Waals surface area contributed by atoms with Crippen LogP contribution >= 0.6 is 0 Å². The summed E-state index contributed by atoms with van der Waals surface area (Å²) in [6.45, 7) is 0.860. The van der Waals surface area contributed by atoms with Crippen LogP contribution in [-0.4, -0.2) is 35.3 Å². The first-order chi connectivity index (χ1) is 16.1. The lowest BCUT2D eigenvalue weighted by molar-refractivity contribution is 0.0931. The summed E-state index contributed by atoms with van der Waals surface area (Å²) in [6, 6.07) is 3.98. The van der Waals surface area contributed by atoms with Gasteiger partial charge >= 0.3 is 0 Å². The number of carbonyl (C=O) groups is 1. The monoisotopic (exact) mass is 443 g/mol. The maximum atomic E-state index is 12.8. The lowest BCUT2D eigenvalue weighted by Crippen LogP contribution is -2.27. The molecule has 1 fully saturated rings. The Hall–Kier alpha value is -3.79. The van der Waals surface area contributed by atoms with E-state index in [4.69, 9.17) is 16.5 Å². The molecule has 0 bridgehead atoms. The Bertz CT molecular complexity index is 1370. The predicted octanol–water partition coefficient (Wildman–Crippen LogP) is 1.70. The summed E-state index contributed by atoms with van der Waals surface area (Å²) in [6.07, 6.45) is 11.5. The molecule has 2 aliphatic rings. The summed E-state index contributed by atoms with van der Waals surface area (Å²) >= 11 is 0. The maximum Gasteiger partial charge on any atom is 0.273 e. The zero-order chi connectivity index (χ0) is 22.5. The highest BCUT2D eigenvalue weighted by molar-refractivity contribution is 5.92. The number of hydrogen-bond acceptors (Lipinski definition) is 7. The van der Waals surface area contributed by atoms with Crippen LogP contribution in [0.4, 0.5) is 5.82 Å². The molecule has 0 aromatic carbocycles. The van der Waals surface area contributed by atoms with Crippen molar-refractivity contribution < 1.29 is 4.79 Å². The highest BCUT2D eigenvalue weighted by Crippen LogP contribution is 2.40. The lowest BCUT2D eigenvalue weighted by atomic mass is 10.1. The second kappa shape index (κ2) is 7.66. The molecule has 168 valence electrons. The number of hydrogen-bond donors (Lipinski definition) is 3. The van der Waals surface area contributed by atoms with E-state index in [1.807, 2.05) is 16.7 Å². The molecular weight excluding hydrogens is 418 g/mol. The number of anilines is 1. The number of nitrogens with zero attached hydrogens (tertiary/aromatic N) is 6. The van der Waals surface area contributed by atoms with E-state index in [1.165, 1.54) is 18.4 Å². The minimum atomic E-state index is -0.260. The maximum absolute atomic E-state index is 12.8. The van der Waals surface area contributed by atoms with Crippen molar-refractivity contribution in [1.29, 1.82) is 0 Å². The zero-order valence-corrected chi connectivity index (χ0v) is 18.1. The summed E-state index contributed by atoms with van der Waals surface area (Å²) in [4.78, 5) is 21.7. The van der Waals surface area contributed by atoms with Gasteiger partial charge in [-0.3, -0.25) is 4.79 Å². The van der Waals surface area contributed by atoms with Crippen molar-refractivity contribution in [3.05, 3.63) is 70.6 Å². The van der Waals surface area contributed by atoms with Crippen LogP contribution in [0.25, 0.3) is 5.65 Å². The number of rotatable bonds is 6. The van der Waals surface area contributed by atoms with Gasteiger partial charge < -0.3 is 21.2 Å². The van der Waals surface area contributed by atoms with Crippen molar-refractivity contribution in [3.63, 3.8) is 0 Å². The van der Waals surface area contributed by atoms with E-state index in [9.17, 15) is 4.79 Å². The average Bonchev–Trinajstić information content (AvgIpc) is 3.21. The van der Waals surface area contributed by atoms with Gasteiger partial charge in [0.15, 0.2) is 5.69 Å². The molecule has 1 saturated carbocycles. The van der Waals surface area contributed by atoms with E-state index in [0.29, 0.717) is 24.8 Å². The Morgan fingerprint density at radius 2 is 2.09 bits per heavy atom. The average molecular weight is 444 g/mol. The smallest absolute Gasteiger partial charge is 0.273 e. The molecule has 33 heavy (non-hydrogen) atoms. The summed E-state index contributed by atoms with van der Waals surface area (Å²) in [5, 5.41) is 11.2. The summed E-state index contributed by atoms with van der Waals surface area (Å²) in [5.74, 6) is 0.912. The second-order valence-electron chi connectivity index (χ2n) is 8.87. The Balaban J connectivity index is 1.18. The first-order valence-electron chi connectivity index (χ1n) is 11.2. The fraction of sp³-hybridized carbons (Fsp3) is 0.348. The molecule has 0 spiro atoms. The Morgan fingerprint density at radius 3 is 2.91 bits per heavy atom. The SMILES string of the molecule is NCc1cc(C2CC2)cn2cc(Cn3cc(C(=O)NC4CCc5c4ccnc5N)nn3)nc12. The number of aromatic nitrogens is 6. The molecule has 10 nitrogen and oxygen atoms in total. The van der Waals surface area contributed by atoms with Gasteiger partial charge in [0.1, 0.15) is 11.5 Å². The predicted molar refractivity (Wildman–Crippen MR) is 121 cm³/mol. The topological polar surface area (TPSA) is 142 Å². The van der Waals surface area contributed by atoms with Gasteiger partial charge in [0, 0.05) is 30.7 Å². The molecule has 1 atom stereocenters. The molecule has 1 unspecified atom stereocenters. The number of carbonyl (C=O) groups excluding carboxylic acids is 1. The number of amides is 1. The molecule has 5 N–H and O–H groups in total. The van der Waals surface area contributed by atoms with Crippen molar-refractivity contribution in [1.82, 2.24) is 34.7 Å². The van der Waals surface area contributed by atoms with Crippen molar-refractivity contribution >= 4 is 17.4 Å². The van der Waals surface area contributed by atoms with Gasteiger partial charge in [0.05, 0.1) is 24.5 Å². The molecular formula is C23H25N9O. The van der Waals surface area contributed by atoms with Gasteiger partial charge in [-0.25, -0.2) is 14.6 Å². The number of nitrogen functional groups attached to an aromatic ring is 1. The zero-order valence-electron chi connectivity index (χ0n) is 18.1. The van der Waals surface area contributed by atoms with Gasteiger partial charge in [0.25, 0.3) is 5.91 Å². The molecule has 0 aliphatic heterocycles. The molecule has 6 rings (SSSR count). The molecule has 2 aliphatic carbocycles. The van der Waals surface area contributed by atoms with Crippen molar-refractivity contribution in [3.8, 4) is 0 Å². The van der Waals surface area contributed by atoms with E-state index in [1.54, 1.807) is 17.1 Å². The standard InChI is InChI=1S/C23H25N9O/c24-8-14-7-15(13-1-2-13)9-31-10-16(27-22(14)31)11-32-12-20(29-30-32)23(33)28-19-4-3-18-17(19)5-6-26-21(18)25/h5-7,9-10,12-13,19H,1-4,8,11,24H2,(H2,25,26)(H,28,33). The molecule has 10 heteroatoms. The van der Waals surface area contributed by atoms with E-state index < -0.39 is 0 Å². The van der Waals surface area contributed by atoms with Gasteiger partial charge in [-0.15, -0.1) is 5.10 Å². The first kappa shape index (κ1) is 19.9. The molecule has 4 heterocycles.